The van der Waals surface area contributed by atoms with Crippen molar-refractivity contribution >= 4 is 57.9 Å². The molecule has 1 heterocycles. The lowest BCUT2D eigenvalue weighted by Crippen LogP contribution is -2.21. The summed E-state index contributed by atoms with van der Waals surface area (Å²) in [6.45, 7) is 2.32. The second-order valence-electron chi connectivity index (χ2n) is 5.32. The zero-order chi connectivity index (χ0) is 18.1. The Morgan fingerprint density at radius 1 is 1.24 bits per heavy atom. The van der Waals surface area contributed by atoms with Gasteiger partial charge in [0.15, 0.2) is 4.77 Å². The van der Waals surface area contributed by atoms with E-state index < -0.39 is 0 Å². The predicted octanol–water partition coefficient (Wildman–Crippen LogP) is 4.64. The SMILES string of the molecule is CCn1c(=S)[nH]c2cc(C(=O)Nc3ccc(Cl)cc3Cl)ccc2c1=O. The highest BCUT2D eigenvalue weighted by Crippen LogP contribution is 2.26. The van der Waals surface area contributed by atoms with Gasteiger partial charge < -0.3 is 10.3 Å². The van der Waals surface area contributed by atoms with Crippen LogP contribution in [0.15, 0.2) is 41.2 Å². The zero-order valence-corrected chi connectivity index (χ0v) is 15.4. The van der Waals surface area contributed by atoms with E-state index in [0.29, 0.717) is 43.5 Å². The van der Waals surface area contributed by atoms with Crippen LogP contribution < -0.4 is 10.9 Å². The minimum Gasteiger partial charge on any atom is -0.332 e. The summed E-state index contributed by atoms with van der Waals surface area (Å²) in [5.74, 6) is -0.356. The molecule has 0 aliphatic carbocycles. The first kappa shape index (κ1) is 17.7. The highest BCUT2D eigenvalue weighted by Gasteiger charge is 2.12. The molecule has 0 radical (unpaired) electrons. The molecule has 0 aliphatic rings. The second kappa shape index (κ2) is 7.00. The molecule has 0 atom stereocenters. The number of hydrogen-bond donors (Lipinski definition) is 2. The van der Waals surface area contributed by atoms with Gasteiger partial charge in [-0.1, -0.05) is 23.2 Å². The largest absolute Gasteiger partial charge is 0.332 e. The van der Waals surface area contributed by atoms with Gasteiger partial charge >= 0.3 is 0 Å². The summed E-state index contributed by atoms with van der Waals surface area (Å²) in [6.07, 6.45) is 0. The molecular formula is C17H13Cl2N3O2S. The van der Waals surface area contributed by atoms with Crippen LogP contribution in [0.2, 0.25) is 10.0 Å². The number of carbonyl (C=O) groups is 1. The van der Waals surface area contributed by atoms with E-state index in [4.69, 9.17) is 35.4 Å². The van der Waals surface area contributed by atoms with E-state index in [0.717, 1.165) is 0 Å². The summed E-state index contributed by atoms with van der Waals surface area (Å²) >= 11 is 17.1. The van der Waals surface area contributed by atoms with Crippen LogP contribution in [0.3, 0.4) is 0 Å². The van der Waals surface area contributed by atoms with Gasteiger partial charge in [-0.25, -0.2) is 0 Å². The van der Waals surface area contributed by atoms with E-state index in [2.05, 4.69) is 10.3 Å². The number of anilines is 1. The fourth-order valence-corrected chi connectivity index (χ4v) is 3.25. The molecule has 0 unspecified atom stereocenters. The maximum atomic E-state index is 12.5. The van der Waals surface area contributed by atoms with Gasteiger partial charge in [0.25, 0.3) is 11.5 Å². The number of nitrogens with one attached hydrogen (secondary N) is 2. The highest BCUT2D eigenvalue weighted by molar-refractivity contribution is 7.71. The van der Waals surface area contributed by atoms with Crippen LogP contribution in [-0.2, 0) is 6.54 Å². The van der Waals surface area contributed by atoms with Crippen LogP contribution >= 0.6 is 35.4 Å². The van der Waals surface area contributed by atoms with Crippen LogP contribution in [0, 0.1) is 4.77 Å². The highest BCUT2D eigenvalue weighted by atomic mass is 35.5. The lowest BCUT2D eigenvalue weighted by atomic mass is 10.1. The van der Waals surface area contributed by atoms with Crippen molar-refractivity contribution in [2.45, 2.75) is 13.5 Å². The van der Waals surface area contributed by atoms with Crippen molar-refractivity contribution in [3.63, 3.8) is 0 Å². The third kappa shape index (κ3) is 3.46. The molecule has 0 fully saturated rings. The van der Waals surface area contributed by atoms with Gasteiger partial charge in [-0.3, -0.25) is 14.2 Å². The molecule has 3 rings (SSSR count). The van der Waals surface area contributed by atoms with Gasteiger partial charge in [0, 0.05) is 17.1 Å². The molecule has 0 bridgehead atoms. The number of fused-ring (bicyclic) bond motifs is 1. The van der Waals surface area contributed by atoms with Crippen LogP contribution in [0.5, 0.6) is 0 Å². The van der Waals surface area contributed by atoms with Crippen LogP contribution in [0.4, 0.5) is 5.69 Å². The maximum absolute atomic E-state index is 12.5. The summed E-state index contributed by atoms with van der Waals surface area (Å²) < 4.78 is 1.78. The van der Waals surface area contributed by atoms with Crippen molar-refractivity contribution < 1.29 is 4.79 Å². The van der Waals surface area contributed by atoms with Crippen molar-refractivity contribution in [1.29, 1.82) is 0 Å². The van der Waals surface area contributed by atoms with E-state index in [9.17, 15) is 9.59 Å². The molecular weight excluding hydrogens is 381 g/mol. The molecule has 1 amide bonds. The van der Waals surface area contributed by atoms with Crippen molar-refractivity contribution in [2.24, 2.45) is 0 Å². The number of carbonyl (C=O) groups excluding carboxylic acids is 1. The topological polar surface area (TPSA) is 66.9 Å². The summed E-state index contributed by atoms with van der Waals surface area (Å²) in [6, 6.07) is 9.58. The third-order valence-corrected chi connectivity index (χ3v) is 4.61. The summed E-state index contributed by atoms with van der Waals surface area (Å²) in [7, 11) is 0. The maximum Gasteiger partial charge on any atom is 0.262 e. The van der Waals surface area contributed by atoms with E-state index in [1.165, 1.54) is 4.57 Å². The lowest BCUT2D eigenvalue weighted by molar-refractivity contribution is 0.102. The number of aromatic amines is 1. The molecule has 2 aromatic carbocycles. The summed E-state index contributed by atoms with van der Waals surface area (Å²) in [5.41, 5.74) is 1.15. The minimum atomic E-state index is -0.356. The molecule has 25 heavy (non-hydrogen) atoms. The number of aromatic nitrogens is 2. The summed E-state index contributed by atoms with van der Waals surface area (Å²) in [5, 5.41) is 4.01. The van der Waals surface area contributed by atoms with Crippen molar-refractivity contribution in [3.8, 4) is 0 Å². The van der Waals surface area contributed by atoms with Gasteiger partial charge in [-0.2, -0.15) is 0 Å². The fraction of sp³-hybridized carbons (Fsp3) is 0.118. The second-order valence-corrected chi connectivity index (χ2v) is 6.55. The van der Waals surface area contributed by atoms with Gasteiger partial charge in [-0.05, 0) is 55.5 Å². The quantitative estimate of drug-likeness (QED) is 0.636. The number of halogens is 2. The van der Waals surface area contributed by atoms with E-state index in [1.807, 2.05) is 6.92 Å². The molecule has 0 saturated heterocycles. The molecule has 3 aromatic rings. The molecule has 2 N–H and O–H groups in total. The van der Waals surface area contributed by atoms with Gasteiger partial charge in [0.05, 0.1) is 21.6 Å². The standard InChI is InChI=1S/C17H13Cl2N3O2S/c1-2-22-16(24)11-5-3-9(7-14(11)21-17(22)25)15(23)20-13-6-4-10(18)8-12(13)19/h3-8H,2H2,1H3,(H,20,23)(H,21,25). The number of H-pyrrole nitrogens is 1. The zero-order valence-electron chi connectivity index (χ0n) is 13.1. The van der Waals surface area contributed by atoms with Crippen LogP contribution in [0.25, 0.3) is 10.9 Å². The number of hydrogen-bond acceptors (Lipinski definition) is 3. The molecule has 128 valence electrons. The first-order chi connectivity index (χ1) is 11.9. The molecule has 1 aromatic heterocycles. The molecule has 0 aliphatic heterocycles. The number of benzene rings is 2. The van der Waals surface area contributed by atoms with Crippen LogP contribution in [-0.4, -0.2) is 15.5 Å². The van der Waals surface area contributed by atoms with Gasteiger partial charge in [-0.15, -0.1) is 0 Å². The molecule has 0 spiro atoms. The van der Waals surface area contributed by atoms with Crippen molar-refractivity contribution in [1.82, 2.24) is 9.55 Å². The summed E-state index contributed by atoms with van der Waals surface area (Å²) in [4.78, 5) is 27.8. The van der Waals surface area contributed by atoms with E-state index in [1.54, 1.807) is 36.4 Å². The Morgan fingerprint density at radius 3 is 2.68 bits per heavy atom. The van der Waals surface area contributed by atoms with Gasteiger partial charge in [0.1, 0.15) is 0 Å². The Balaban J connectivity index is 2.00. The molecule has 8 heteroatoms. The number of nitrogens with zero attached hydrogens (tertiary/aromatic N) is 1. The normalized spacial score (nSPS) is 10.8. The van der Waals surface area contributed by atoms with Crippen LogP contribution in [0.1, 0.15) is 17.3 Å². The molecule has 0 saturated carbocycles. The average molecular weight is 394 g/mol. The average Bonchev–Trinajstić information content (AvgIpc) is 2.57. The fourth-order valence-electron chi connectivity index (χ4n) is 2.47. The Morgan fingerprint density at radius 2 is 2.00 bits per heavy atom. The number of rotatable bonds is 3. The van der Waals surface area contributed by atoms with E-state index >= 15 is 0 Å². The Kier molecular flexibility index (Phi) is 4.94. The van der Waals surface area contributed by atoms with Crippen molar-refractivity contribution in [3.05, 3.63) is 67.1 Å². The number of amides is 1. The van der Waals surface area contributed by atoms with Gasteiger partial charge in [0.2, 0.25) is 0 Å². The Hall–Kier alpha value is -2.15. The minimum absolute atomic E-state index is 0.186. The predicted molar refractivity (Wildman–Crippen MR) is 103 cm³/mol. The van der Waals surface area contributed by atoms with E-state index in [-0.39, 0.29) is 11.5 Å². The van der Waals surface area contributed by atoms with Crippen molar-refractivity contribution in [2.75, 3.05) is 5.32 Å². The monoisotopic (exact) mass is 393 g/mol. The first-order valence-electron chi connectivity index (χ1n) is 7.44. The first-order valence-corrected chi connectivity index (χ1v) is 8.60. The third-order valence-electron chi connectivity index (χ3n) is 3.74. The smallest absolute Gasteiger partial charge is 0.262 e. The Bertz CT molecular complexity index is 1110. The lowest BCUT2D eigenvalue weighted by Gasteiger charge is -2.09. The Labute approximate surface area is 158 Å². The molecule has 5 nitrogen and oxygen atoms in total.